The molecule has 1 unspecified atom stereocenters. The van der Waals surface area contributed by atoms with Gasteiger partial charge in [0.2, 0.25) is 0 Å². The molecular formula is C13H15NS. The third-order valence-corrected chi connectivity index (χ3v) is 3.59. The molecule has 78 valence electrons. The summed E-state index contributed by atoms with van der Waals surface area (Å²) in [6.45, 7) is 4.26. The van der Waals surface area contributed by atoms with Crippen molar-refractivity contribution in [1.29, 1.82) is 0 Å². The number of benzene rings is 1. The summed E-state index contributed by atoms with van der Waals surface area (Å²) in [4.78, 5) is 0. The Balaban J connectivity index is 2.42. The summed E-state index contributed by atoms with van der Waals surface area (Å²) in [5, 5.41) is 4.19. The average Bonchev–Trinajstić information content (AvgIpc) is 2.74. The summed E-state index contributed by atoms with van der Waals surface area (Å²) in [5.74, 6) is 0. The molecule has 0 saturated heterocycles. The molecule has 2 heteroatoms. The van der Waals surface area contributed by atoms with E-state index in [0.717, 1.165) is 0 Å². The highest BCUT2D eigenvalue weighted by Gasteiger charge is 2.12. The van der Waals surface area contributed by atoms with E-state index >= 15 is 0 Å². The lowest BCUT2D eigenvalue weighted by Gasteiger charge is -2.15. The molecule has 0 saturated carbocycles. The van der Waals surface area contributed by atoms with Gasteiger partial charge >= 0.3 is 0 Å². The minimum absolute atomic E-state index is 0.0103. The maximum atomic E-state index is 6.24. The van der Waals surface area contributed by atoms with E-state index in [1.165, 1.54) is 22.3 Å². The molecule has 0 spiro atoms. The lowest BCUT2D eigenvalue weighted by molar-refractivity contribution is 0.864. The lowest BCUT2D eigenvalue weighted by atomic mass is 9.95. The molecular weight excluding hydrogens is 202 g/mol. The van der Waals surface area contributed by atoms with E-state index in [2.05, 4.69) is 48.9 Å². The van der Waals surface area contributed by atoms with Gasteiger partial charge in [-0.2, -0.15) is 11.3 Å². The minimum atomic E-state index is 0.0103. The summed E-state index contributed by atoms with van der Waals surface area (Å²) in [6, 6.07) is 8.42. The predicted molar refractivity (Wildman–Crippen MR) is 66.3 cm³/mol. The van der Waals surface area contributed by atoms with Gasteiger partial charge in [0.1, 0.15) is 0 Å². The van der Waals surface area contributed by atoms with Gasteiger partial charge in [-0.25, -0.2) is 0 Å². The summed E-state index contributed by atoms with van der Waals surface area (Å²) >= 11 is 1.69. The van der Waals surface area contributed by atoms with Crippen molar-refractivity contribution in [1.82, 2.24) is 0 Å². The summed E-state index contributed by atoms with van der Waals surface area (Å²) in [6.07, 6.45) is 0. The van der Waals surface area contributed by atoms with Crippen molar-refractivity contribution in [2.75, 3.05) is 0 Å². The third kappa shape index (κ3) is 1.96. The fraction of sp³-hybridized carbons (Fsp3) is 0.231. The number of rotatable bonds is 2. The second kappa shape index (κ2) is 4.17. The van der Waals surface area contributed by atoms with E-state index in [4.69, 9.17) is 5.73 Å². The van der Waals surface area contributed by atoms with Gasteiger partial charge in [0.05, 0.1) is 6.04 Å². The fourth-order valence-corrected chi connectivity index (χ4v) is 2.44. The van der Waals surface area contributed by atoms with Crippen molar-refractivity contribution < 1.29 is 0 Å². The fourth-order valence-electron chi connectivity index (χ4n) is 1.74. The Morgan fingerprint density at radius 1 is 1.20 bits per heavy atom. The van der Waals surface area contributed by atoms with Crippen LogP contribution in [0, 0.1) is 13.8 Å². The van der Waals surface area contributed by atoms with Crippen LogP contribution in [-0.2, 0) is 0 Å². The average molecular weight is 217 g/mol. The molecule has 2 N–H and O–H groups in total. The molecule has 1 nitrogen and oxygen atoms in total. The first-order chi connectivity index (χ1) is 7.20. The molecule has 1 aromatic carbocycles. The zero-order valence-electron chi connectivity index (χ0n) is 9.03. The molecule has 0 amide bonds. The third-order valence-electron chi connectivity index (χ3n) is 2.88. The molecule has 0 fully saturated rings. The Kier molecular flexibility index (Phi) is 2.89. The van der Waals surface area contributed by atoms with Gasteiger partial charge in [0.15, 0.2) is 0 Å². The van der Waals surface area contributed by atoms with Gasteiger partial charge < -0.3 is 5.73 Å². The van der Waals surface area contributed by atoms with Crippen molar-refractivity contribution in [3.8, 4) is 0 Å². The maximum Gasteiger partial charge on any atom is 0.0562 e. The Morgan fingerprint density at radius 3 is 2.67 bits per heavy atom. The number of hydrogen-bond acceptors (Lipinski definition) is 2. The molecule has 0 radical (unpaired) electrons. The van der Waals surface area contributed by atoms with Gasteiger partial charge in [-0.3, -0.25) is 0 Å². The number of thiophene rings is 1. The zero-order valence-corrected chi connectivity index (χ0v) is 9.84. The lowest BCUT2D eigenvalue weighted by Crippen LogP contribution is -2.12. The molecule has 1 aromatic heterocycles. The molecule has 1 atom stereocenters. The number of aryl methyl sites for hydroxylation is 1. The normalized spacial score (nSPS) is 12.7. The van der Waals surface area contributed by atoms with Crippen molar-refractivity contribution in [2.45, 2.75) is 19.9 Å². The molecule has 1 heterocycles. The van der Waals surface area contributed by atoms with E-state index in [-0.39, 0.29) is 6.04 Å². The van der Waals surface area contributed by atoms with E-state index in [1.54, 1.807) is 11.3 Å². The first kappa shape index (κ1) is 10.4. The zero-order chi connectivity index (χ0) is 10.8. The van der Waals surface area contributed by atoms with Crippen LogP contribution in [-0.4, -0.2) is 0 Å². The minimum Gasteiger partial charge on any atom is -0.320 e. The summed E-state index contributed by atoms with van der Waals surface area (Å²) in [5.41, 5.74) is 11.3. The van der Waals surface area contributed by atoms with Crippen LogP contribution in [0.25, 0.3) is 0 Å². The van der Waals surface area contributed by atoms with E-state index in [1.807, 2.05) is 0 Å². The first-order valence-corrected chi connectivity index (χ1v) is 5.98. The van der Waals surface area contributed by atoms with Crippen LogP contribution in [0.1, 0.15) is 28.3 Å². The smallest absolute Gasteiger partial charge is 0.0562 e. The van der Waals surface area contributed by atoms with Crippen molar-refractivity contribution >= 4 is 11.3 Å². The monoisotopic (exact) mass is 217 g/mol. The second-order valence-electron chi connectivity index (χ2n) is 3.82. The van der Waals surface area contributed by atoms with Crippen molar-refractivity contribution in [3.63, 3.8) is 0 Å². The van der Waals surface area contributed by atoms with Gasteiger partial charge in [-0.05, 0) is 52.9 Å². The molecule has 0 aliphatic heterocycles. The van der Waals surface area contributed by atoms with Gasteiger partial charge in [0.25, 0.3) is 0 Å². The SMILES string of the molecule is Cc1cccc(C(N)c2ccsc2)c1C. The number of hydrogen-bond donors (Lipinski definition) is 1. The molecule has 0 bridgehead atoms. The standard InChI is InChI=1S/C13H15NS/c1-9-4-3-5-12(10(9)2)13(14)11-6-7-15-8-11/h3-8,13H,14H2,1-2H3. The molecule has 2 rings (SSSR count). The van der Waals surface area contributed by atoms with Crippen LogP contribution >= 0.6 is 11.3 Å². The van der Waals surface area contributed by atoms with E-state index < -0.39 is 0 Å². The van der Waals surface area contributed by atoms with Crippen LogP contribution in [0.2, 0.25) is 0 Å². The number of nitrogens with two attached hydrogens (primary N) is 1. The van der Waals surface area contributed by atoms with Crippen LogP contribution in [0.3, 0.4) is 0 Å². The molecule has 0 aliphatic rings. The summed E-state index contributed by atoms with van der Waals surface area (Å²) in [7, 11) is 0. The highest BCUT2D eigenvalue weighted by molar-refractivity contribution is 7.08. The second-order valence-corrected chi connectivity index (χ2v) is 4.60. The van der Waals surface area contributed by atoms with Gasteiger partial charge in [-0.1, -0.05) is 18.2 Å². The Labute approximate surface area is 94.6 Å². The predicted octanol–water partition coefficient (Wildman–Crippen LogP) is 3.41. The Bertz CT molecular complexity index is 446. The molecule has 0 aliphatic carbocycles. The summed E-state index contributed by atoms with van der Waals surface area (Å²) < 4.78 is 0. The highest BCUT2D eigenvalue weighted by atomic mass is 32.1. The quantitative estimate of drug-likeness (QED) is 0.819. The van der Waals surface area contributed by atoms with Crippen molar-refractivity contribution in [2.24, 2.45) is 5.73 Å². The topological polar surface area (TPSA) is 26.0 Å². The van der Waals surface area contributed by atoms with Crippen LogP contribution < -0.4 is 5.73 Å². The van der Waals surface area contributed by atoms with Crippen molar-refractivity contribution in [3.05, 3.63) is 57.3 Å². The largest absolute Gasteiger partial charge is 0.320 e. The molecule has 15 heavy (non-hydrogen) atoms. The van der Waals surface area contributed by atoms with Gasteiger partial charge in [0, 0.05) is 0 Å². The van der Waals surface area contributed by atoms with Crippen LogP contribution in [0.5, 0.6) is 0 Å². The Hall–Kier alpha value is -1.12. The maximum absolute atomic E-state index is 6.24. The van der Waals surface area contributed by atoms with E-state index in [0.29, 0.717) is 0 Å². The van der Waals surface area contributed by atoms with E-state index in [9.17, 15) is 0 Å². The van der Waals surface area contributed by atoms with Crippen LogP contribution in [0.15, 0.2) is 35.0 Å². The van der Waals surface area contributed by atoms with Gasteiger partial charge in [-0.15, -0.1) is 0 Å². The first-order valence-electron chi connectivity index (χ1n) is 5.04. The molecule has 2 aromatic rings. The Morgan fingerprint density at radius 2 is 2.00 bits per heavy atom. The highest BCUT2D eigenvalue weighted by Crippen LogP contribution is 2.25. The van der Waals surface area contributed by atoms with Crippen LogP contribution in [0.4, 0.5) is 0 Å².